The number of rotatable bonds is 3. The van der Waals surface area contributed by atoms with E-state index in [0.29, 0.717) is 16.8 Å². The summed E-state index contributed by atoms with van der Waals surface area (Å²) in [5.74, 6) is 0.565. The van der Waals surface area contributed by atoms with Crippen LogP contribution in [0.5, 0.6) is 0 Å². The molecule has 2 nitrogen and oxygen atoms in total. The molecule has 3 unspecified atom stereocenters. The van der Waals surface area contributed by atoms with Crippen LogP contribution in [0.3, 0.4) is 0 Å². The van der Waals surface area contributed by atoms with E-state index < -0.39 is 8.32 Å². The second-order valence-electron chi connectivity index (χ2n) is 7.70. The van der Waals surface area contributed by atoms with Crippen LogP contribution >= 0.6 is 15.9 Å². The molecule has 118 valence electrons. The molecule has 4 heteroatoms. The largest absolute Gasteiger partial charge is 0.413 e. The highest BCUT2D eigenvalue weighted by Gasteiger charge is 2.42. The van der Waals surface area contributed by atoms with E-state index in [1.807, 2.05) is 12.3 Å². The van der Waals surface area contributed by atoms with Crippen molar-refractivity contribution in [2.45, 2.75) is 75.0 Å². The van der Waals surface area contributed by atoms with Crippen molar-refractivity contribution in [2.24, 2.45) is 0 Å². The monoisotopic (exact) mass is 369 g/mol. The summed E-state index contributed by atoms with van der Waals surface area (Å²) < 4.78 is 6.61. The van der Waals surface area contributed by atoms with Crippen molar-refractivity contribution >= 4 is 24.2 Å². The van der Waals surface area contributed by atoms with Crippen molar-refractivity contribution in [1.82, 2.24) is 4.98 Å². The number of hydrogen-bond donors (Lipinski definition) is 0. The third-order valence-electron chi connectivity index (χ3n) is 5.07. The van der Waals surface area contributed by atoms with E-state index in [4.69, 9.17) is 4.43 Å². The first-order valence-electron chi connectivity index (χ1n) is 7.93. The quantitative estimate of drug-likeness (QED) is 0.517. The highest BCUT2D eigenvalue weighted by Crippen LogP contribution is 2.42. The molecule has 1 heterocycles. The molecule has 0 saturated heterocycles. The molecule has 0 aromatic carbocycles. The fraction of sp³-hybridized carbons (Fsp3) is 0.706. The van der Waals surface area contributed by atoms with Crippen LogP contribution in [0.2, 0.25) is 18.1 Å². The van der Waals surface area contributed by atoms with Gasteiger partial charge in [-0.25, -0.2) is 0 Å². The Bertz CT molecular complexity index is 458. The van der Waals surface area contributed by atoms with Gasteiger partial charge in [0.2, 0.25) is 0 Å². The van der Waals surface area contributed by atoms with Crippen LogP contribution < -0.4 is 0 Å². The number of hydrogen-bond acceptors (Lipinski definition) is 2. The molecule has 1 aliphatic rings. The number of pyridine rings is 1. The molecule has 1 saturated carbocycles. The molecule has 0 N–H and O–H groups in total. The lowest BCUT2D eigenvalue weighted by molar-refractivity contribution is 0.138. The van der Waals surface area contributed by atoms with E-state index in [1.54, 1.807) is 0 Å². The van der Waals surface area contributed by atoms with Gasteiger partial charge in [0.15, 0.2) is 8.32 Å². The van der Waals surface area contributed by atoms with Gasteiger partial charge in [0.1, 0.15) is 0 Å². The van der Waals surface area contributed by atoms with Crippen molar-refractivity contribution in [1.29, 1.82) is 0 Å². The van der Waals surface area contributed by atoms with E-state index >= 15 is 0 Å². The maximum absolute atomic E-state index is 6.61. The van der Waals surface area contributed by atoms with Crippen LogP contribution in [-0.4, -0.2) is 24.2 Å². The lowest BCUT2D eigenvalue weighted by atomic mass is 9.85. The van der Waals surface area contributed by atoms with Crippen LogP contribution in [0.1, 0.15) is 51.6 Å². The van der Waals surface area contributed by atoms with Crippen LogP contribution in [-0.2, 0) is 4.43 Å². The lowest BCUT2D eigenvalue weighted by Gasteiger charge is -2.43. The molecular formula is C17H28BrNOSi. The zero-order chi connectivity index (χ0) is 15.7. The van der Waals surface area contributed by atoms with Crippen LogP contribution in [0.4, 0.5) is 0 Å². The standard InChI is InChI=1S/C17H28BrNOSi/c1-17(2,3)21(4,5)20-16-10-9-13(12-14(16)18)15-8-6-7-11-19-15/h6-8,11,13-14,16H,9-10,12H2,1-5H3. The molecule has 1 aromatic heterocycles. The average molecular weight is 370 g/mol. The molecule has 1 fully saturated rings. The highest BCUT2D eigenvalue weighted by atomic mass is 79.9. The van der Waals surface area contributed by atoms with Gasteiger partial charge in [-0.3, -0.25) is 4.98 Å². The number of halogens is 1. The zero-order valence-electron chi connectivity index (χ0n) is 13.9. The van der Waals surface area contributed by atoms with E-state index in [1.165, 1.54) is 12.1 Å². The third-order valence-corrected chi connectivity index (χ3v) is 10.5. The van der Waals surface area contributed by atoms with E-state index in [2.05, 4.69) is 66.9 Å². The molecule has 0 aliphatic heterocycles. The molecule has 0 spiro atoms. The molecule has 21 heavy (non-hydrogen) atoms. The summed E-state index contributed by atoms with van der Waals surface area (Å²) in [6.07, 6.45) is 5.68. The molecular weight excluding hydrogens is 342 g/mol. The Kier molecular flexibility index (Phi) is 5.32. The van der Waals surface area contributed by atoms with Crippen molar-refractivity contribution in [3.8, 4) is 0 Å². The summed E-state index contributed by atoms with van der Waals surface area (Å²) in [5.41, 5.74) is 1.23. The second kappa shape index (κ2) is 6.51. The predicted octanol–water partition coefficient (Wildman–Crippen LogP) is 5.50. The number of aromatic nitrogens is 1. The van der Waals surface area contributed by atoms with Crippen molar-refractivity contribution < 1.29 is 4.43 Å². The maximum atomic E-state index is 6.61. The summed E-state index contributed by atoms with van der Waals surface area (Å²) in [6, 6.07) is 6.23. The van der Waals surface area contributed by atoms with Gasteiger partial charge in [0, 0.05) is 22.6 Å². The molecule has 0 radical (unpaired) electrons. The lowest BCUT2D eigenvalue weighted by Crippen LogP contribution is -2.47. The van der Waals surface area contributed by atoms with Crippen molar-refractivity contribution in [3.05, 3.63) is 30.1 Å². The molecule has 0 amide bonds. The van der Waals surface area contributed by atoms with Gasteiger partial charge in [-0.15, -0.1) is 0 Å². The molecule has 1 aliphatic carbocycles. The normalized spacial score (nSPS) is 27.6. The van der Waals surface area contributed by atoms with Crippen LogP contribution in [0, 0.1) is 0 Å². The van der Waals surface area contributed by atoms with E-state index in [-0.39, 0.29) is 5.04 Å². The van der Waals surface area contributed by atoms with Gasteiger partial charge in [0.05, 0.1) is 6.10 Å². The molecule has 3 atom stereocenters. The summed E-state index contributed by atoms with van der Waals surface area (Å²) in [7, 11) is -1.68. The Labute approximate surface area is 139 Å². The summed E-state index contributed by atoms with van der Waals surface area (Å²) in [6.45, 7) is 11.6. The smallest absolute Gasteiger partial charge is 0.192 e. The second-order valence-corrected chi connectivity index (χ2v) is 13.6. The number of alkyl halides is 1. The first kappa shape index (κ1) is 17.2. The van der Waals surface area contributed by atoms with Crippen molar-refractivity contribution in [3.63, 3.8) is 0 Å². The summed E-state index contributed by atoms with van der Waals surface area (Å²) in [5, 5.41) is 0.275. The SMILES string of the molecule is CC(C)(C)[Si](C)(C)OC1CCC(c2ccccn2)CC1Br. The van der Waals surface area contributed by atoms with Gasteiger partial charge < -0.3 is 4.43 Å². The molecule has 1 aromatic rings. The van der Waals surface area contributed by atoms with Gasteiger partial charge in [0.25, 0.3) is 0 Å². The first-order valence-corrected chi connectivity index (χ1v) is 11.8. The topological polar surface area (TPSA) is 22.1 Å². The third kappa shape index (κ3) is 4.17. The van der Waals surface area contributed by atoms with Crippen LogP contribution in [0.15, 0.2) is 24.4 Å². The van der Waals surface area contributed by atoms with E-state index in [0.717, 1.165) is 12.8 Å². The van der Waals surface area contributed by atoms with Gasteiger partial charge >= 0.3 is 0 Å². The minimum absolute atomic E-state index is 0.275. The predicted molar refractivity (Wildman–Crippen MR) is 95.6 cm³/mol. The Morgan fingerprint density at radius 2 is 1.95 bits per heavy atom. The van der Waals surface area contributed by atoms with Gasteiger partial charge in [-0.2, -0.15) is 0 Å². The summed E-state index contributed by atoms with van der Waals surface area (Å²) in [4.78, 5) is 4.96. The Morgan fingerprint density at radius 3 is 2.48 bits per heavy atom. The zero-order valence-corrected chi connectivity index (χ0v) is 16.5. The maximum Gasteiger partial charge on any atom is 0.192 e. The Morgan fingerprint density at radius 1 is 1.24 bits per heavy atom. The minimum Gasteiger partial charge on any atom is -0.413 e. The Balaban J connectivity index is 1.99. The molecule has 0 bridgehead atoms. The Hall–Kier alpha value is -0.193. The summed E-state index contributed by atoms with van der Waals surface area (Å²) >= 11 is 3.88. The first-order chi connectivity index (χ1) is 9.71. The molecule has 2 rings (SSSR count). The van der Waals surface area contributed by atoms with Crippen LogP contribution in [0.25, 0.3) is 0 Å². The van der Waals surface area contributed by atoms with Crippen molar-refractivity contribution in [2.75, 3.05) is 0 Å². The number of nitrogens with zero attached hydrogens (tertiary/aromatic N) is 1. The fourth-order valence-corrected chi connectivity index (χ4v) is 5.08. The average Bonchev–Trinajstić information content (AvgIpc) is 2.40. The highest BCUT2D eigenvalue weighted by molar-refractivity contribution is 9.09. The fourth-order valence-electron chi connectivity index (χ4n) is 2.66. The van der Waals surface area contributed by atoms with Gasteiger partial charge in [-0.05, 0) is 49.5 Å². The van der Waals surface area contributed by atoms with Gasteiger partial charge in [-0.1, -0.05) is 42.8 Å². The van der Waals surface area contributed by atoms with E-state index in [9.17, 15) is 0 Å². The minimum atomic E-state index is -1.68.